The van der Waals surface area contributed by atoms with Crippen molar-refractivity contribution in [3.63, 3.8) is 0 Å². The van der Waals surface area contributed by atoms with Crippen LogP contribution in [0.5, 0.6) is 0 Å². The van der Waals surface area contributed by atoms with Crippen LogP contribution in [0.3, 0.4) is 0 Å². The Kier molecular flexibility index (Phi) is 3.91. The summed E-state index contributed by atoms with van der Waals surface area (Å²) in [5.41, 5.74) is 1.04. The number of benzene rings is 1. The molecule has 0 atom stereocenters. The molecule has 4 rings (SSSR count). The number of carbonyl (C=O) groups excluding carboxylic acids is 1. The van der Waals surface area contributed by atoms with Gasteiger partial charge >= 0.3 is 5.97 Å². The van der Waals surface area contributed by atoms with Crippen molar-refractivity contribution in [1.82, 2.24) is 9.38 Å². The van der Waals surface area contributed by atoms with Crippen molar-refractivity contribution in [2.45, 2.75) is 6.61 Å². The van der Waals surface area contributed by atoms with Crippen LogP contribution in [-0.2, 0) is 16.1 Å². The molecule has 124 valence electrons. The number of hydrogen-bond donors (Lipinski definition) is 0. The van der Waals surface area contributed by atoms with Gasteiger partial charge in [-0.1, -0.05) is 23.5 Å². The number of para-hydroxylation sites is 1. The van der Waals surface area contributed by atoms with Crippen molar-refractivity contribution in [3.8, 4) is 0 Å². The fourth-order valence-electron chi connectivity index (χ4n) is 2.43. The molecule has 0 saturated heterocycles. The first-order valence-electron chi connectivity index (χ1n) is 7.49. The summed E-state index contributed by atoms with van der Waals surface area (Å²) in [5, 5.41) is 0. The van der Waals surface area contributed by atoms with E-state index < -0.39 is 5.97 Å². The maximum atomic E-state index is 12.4. The Morgan fingerprint density at radius 1 is 1.28 bits per heavy atom. The number of carbonyl (C=O) groups is 1. The topological polar surface area (TPSA) is 73.8 Å². The molecule has 0 N–H and O–H groups in total. The molecule has 0 aliphatic carbocycles. The van der Waals surface area contributed by atoms with E-state index in [1.54, 1.807) is 16.5 Å². The van der Waals surface area contributed by atoms with Crippen LogP contribution >= 0.6 is 11.3 Å². The lowest BCUT2D eigenvalue weighted by molar-refractivity contribution is -0.139. The number of esters is 1. The molecule has 7 heteroatoms. The van der Waals surface area contributed by atoms with Crippen LogP contribution in [0.1, 0.15) is 11.5 Å². The number of fused-ring (bicyclic) bond motifs is 3. The highest BCUT2D eigenvalue weighted by Crippen LogP contribution is 2.23. The van der Waals surface area contributed by atoms with Gasteiger partial charge in [-0.05, 0) is 30.3 Å². The normalized spacial score (nSPS) is 11.5. The molecule has 0 aliphatic heterocycles. The zero-order valence-corrected chi connectivity index (χ0v) is 13.7. The number of furan rings is 1. The minimum Gasteiger partial charge on any atom is -0.465 e. The lowest BCUT2D eigenvalue weighted by Crippen LogP contribution is -2.14. The number of nitrogens with zero attached hydrogens (tertiary/aromatic N) is 2. The van der Waals surface area contributed by atoms with Gasteiger partial charge in [0.25, 0.3) is 5.56 Å². The monoisotopic (exact) mass is 352 g/mol. The SMILES string of the molecule is O=C(/C=C/c1ccco1)OCc1cc(=O)n2c(n1)sc1ccccc12. The van der Waals surface area contributed by atoms with Crippen molar-refractivity contribution in [2.24, 2.45) is 0 Å². The van der Waals surface area contributed by atoms with Gasteiger partial charge in [-0.15, -0.1) is 0 Å². The van der Waals surface area contributed by atoms with E-state index in [0.717, 1.165) is 10.2 Å². The highest BCUT2D eigenvalue weighted by Gasteiger charge is 2.10. The Morgan fingerprint density at radius 2 is 2.16 bits per heavy atom. The highest BCUT2D eigenvalue weighted by atomic mass is 32.1. The van der Waals surface area contributed by atoms with Crippen LogP contribution in [0, 0.1) is 0 Å². The number of hydrogen-bond acceptors (Lipinski definition) is 6. The van der Waals surface area contributed by atoms with E-state index in [2.05, 4.69) is 4.98 Å². The molecule has 1 aromatic carbocycles. The second-order valence-corrected chi connectivity index (χ2v) is 6.24. The van der Waals surface area contributed by atoms with Crippen LogP contribution < -0.4 is 5.56 Å². The molecule has 3 aromatic heterocycles. The van der Waals surface area contributed by atoms with Crippen molar-refractivity contribution in [1.29, 1.82) is 0 Å². The van der Waals surface area contributed by atoms with E-state index in [9.17, 15) is 9.59 Å². The third kappa shape index (κ3) is 3.09. The second-order valence-electron chi connectivity index (χ2n) is 5.23. The van der Waals surface area contributed by atoms with Gasteiger partial charge in [0.15, 0.2) is 4.96 Å². The molecule has 0 aliphatic rings. The van der Waals surface area contributed by atoms with Crippen LogP contribution in [-0.4, -0.2) is 15.4 Å². The van der Waals surface area contributed by atoms with E-state index in [4.69, 9.17) is 9.15 Å². The van der Waals surface area contributed by atoms with Crippen molar-refractivity contribution < 1.29 is 13.9 Å². The highest BCUT2D eigenvalue weighted by molar-refractivity contribution is 7.23. The number of rotatable bonds is 4. The Bertz CT molecular complexity index is 1140. The van der Waals surface area contributed by atoms with Gasteiger partial charge in [-0.3, -0.25) is 9.20 Å². The largest absolute Gasteiger partial charge is 0.465 e. The molecule has 0 saturated carbocycles. The number of ether oxygens (including phenoxy) is 1. The van der Waals surface area contributed by atoms with Crippen molar-refractivity contribution in [3.05, 3.63) is 76.6 Å². The van der Waals surface area contributed by atoms with Gasteiger partial charge < -0.3 is 9.15 Å². The first kappa shape index (κ1) is 15.3. The molecule has 6 nitrogen and oxygen atoms in total. The van der Waals surface area contributed by atoms with E-state index >= 15 is 0 Å². The van der Waals surface area contributed by atoms with Crippen molar-refractivity contribution >= 4 is 38.6 Å². The lowest BCUT2D eigenvalue weighted by Gasteiger charge is -2.02. The Labute approximate surface area is 145 Å². The summed E-state index contributed by atoms with van der Waals surface area (Å²) in [4.78, 5) is 29.1. The molecular formula is C18H12N2O4S. The predicted octanol–water partition coefficient (Wildman–Crippen LogP) is 3.26. The molecule has 0 spiro atoms. The standard InChI is InChI=1S/C18H12N2O4S/c21-16-10-12(11-24-17(22)8-7-13-4-3-9-23-13)19-18-20(16)14-5-1-2-6-15(14)25-18/h1-10H,11H2/b8-7+. The van der Waals surface area contributed by atoms with E-state index in [1.165, 1.54) is 35.8 Å². The fourth-order valence-corrected chi connectivity index (χ4v) is 3.48. The Morgan fingerprint density at radius 3 is 3.00 bits per heavy atom. The van der Waals surface area contributed by atoms with Gasteiger partial charge in [-0.2, -0.15) is 0 Å². The Balaban J connectivity index is 1.55. The summed E-state index contributed by atoms with van der Waals surface area (Å²) in [5.74, 6) is 0.0229. The summed E-state index contributed by atoms with van der Waals surface area (Å²) in [6.45, 7) is -0.0681. The molecule has 0 radical (unpaired) electrons. The van der Waals surface area contributed by atoms with Crippen LogP contribution in [0.15, 0.2) is 64.0 Å². The quantitative estimate of drug-likeness (QED) is 0.416. The minimum absolute atomic E-state index is 0.0681. The molecule has 25 heavy (non-hydrogen) atoms. The zero-order chi connectivity index (χ0) is 17.2. The first-order valence-corrected chi connectivity index (χ1v) is 8.31. The zero-order valence-electron chi connectivity index (χ0n) is 12.9. The molecule has 4 aromatic rings. The lowest BCUT2D eigenvalue weighted by atomic mass is 10.3. The average molecular weight is 352 g/mol. The molecule has 0 fully saturated rings. The molecular weight excluding hydrogens is 340 g/mol. The van der Waals surface area contributed by atoms with E-state index in [0.29, 0.717) is 16.4 Å². The first-order chi connectivity index (χ1) is 12.2. The van der Waals surface area contributed by atoms with Gasteiger partial charge in [0.2, 0.25) is 0 Å². The Hall–Kier alpha value is -3.19. The average Bonchev–Trinajstić information content (AvgIpc) is 3.25. The van der Waals surface area contributed by atoms with Gasteiger partial charge in [0, 0.05) is 12.1 Å². The molecule has 0 unspecified atom stereocenters. The molecule has 0 bridgehead atoms. The predicted molar refractivity (Wildman–Crippen MR) is 94.4 cm³/mol. The second kappa shape index (κ2) is 6.37. The summed E-state index contributed by atoms with van der Waals surface area (Å²) < 4.78 is 12.8. The number of aromatic nitrogens is 2. The summed E-state index contributed by atoms with van der Waals surface area (Å²) in [7, 11) is 0. The van der Waals surface area contributed by atoms with E-state index in [1.807, 2.05) is 24.3 Å². The fraction of sp³-hybridized carbons (Fsp3) is 0.0556. The van der Waals surface area contributed by atoms with Gasteiger partial charge in [0.05, 0.1) is 22.2 Å². The summed E-state index contributed by atoms with van der Waals surface area (Å²) in [6.07, 6.45) is 4.30. The van der Waals surface area contributed by atoms with Crippen LogP contribution in [0.4, 0.5) is 0 Å². The number of thiazole rings is 1. The minimum atomic E-state index is -0.533. The maximum absolute atomic E-state index is 12.4. The smallest absolute Gasteiger partial charge is 0.331 e. The van der Waals surface area contributed by atoms with Crippen molar-refractivity contribution in [2.75, 3.05) is 0 Å². The summed E-state index contributed by atoms with van der Waals surface area (Å²) in [6, 6.07) is 12.4. The third-order valence-corrected chi connectivity index (χ3v) is 4.56. The van der Waals surface area contributed by atoms with E-state index in [-0.39, 0.29) is 12.2 Å². The summed E-state index contributed by atoms with van der Waals surface area (Å²) >= 11 is 1.42. The van der Waals surface area contributed by atoms with Crippen LogP contribution in [0.2, 0.25) is 0 Å². The van der Waals surface area contributed by atoms with Gasteiger partial charge in [0.1, 0.15) is 12.4 Å². The maximum Gasteiger partial charge on any atom is 0.331 e. The molecule has 0 amide bonds. The van der Waals surface area contributed by atoms with Gasteiger partial charge in [-0.25, -0.2) is 9.78 Å². The third-order valence-electron chi connectivity index (χ3n) is 3.54. The van der Waals surface area contributed by atoms with Crippen LogP contribution in [0.25, 0.3) is 21.3 Å². The molecule has 3 heterocycles.